The van der Waals surface area contributed by atoms with Crippen LogP contribution in [0.1, 0.15) is 0 Å². The maximum absolute atomic E-state index is 5.23. The molecule has 1 rings (SSSR count). The van der Waals surface area contributed by atoms with Crippen LogP contribution in [0.3, 0.4) is 0 Å². The quantitative estimate of drug-likeness (QED) is 0.662. The van der Waals surface area contributed by atoms with Gasteiger partial charge in [-0.3, -0.25) is 0 Å². The van der Waals surface area contributed by atoms with E-state index in [9.17, 15) is 0 Å². The van der Waals surface area contributed by atoms with Crippen LogP contribution in [0, 0.1) is 0 Å². The Hall–Kier alpha value is -0.0400. The van der Waals surface area contributed by atoms with E-state index in [0.29, 0.717) is 0 Å². The summed E-state index contributed by atoms with van der Waals surface area (Å²) in [4.78, 5) is 3.94. The standard InChI is InChI=1S/C4H4IN3S/c5-8-4-3(1-6)7-2-9-4/h1-2H,6H2/b3-1+,8-4+. The zero-order valence-corrected chi connectivity index (χ0v) is 7.39. The molecule has 0 saturated heterocycles. The molecule has 0 aromatic heterocycles. The predicted octanol–water partition coefficient (Wildman–Crippen LogP) is 1.31. The molecule has 0 radical (unpaired) electrons. The lowest BCUT2D eigenvalue weighted by atomic mass is 10.5. The Morgan fingerprint density at radius 2 is 2.67 bits per heavy atom. The maximum Gasteiger partial charge on any atom is 0.136 e. The third-order valence-electron chi connectivity index (χ3n) is 0.810. The molecule has 0 unspecified atom stereocenters. The van der Waals surface area contributed by atoms with Crippen molar-refractivity contribution < 1.29 is 0 Å². The summed E-state index contributed by atoms with van der Waals surface area (Å²) >= 11 is 3.40. The fraction of sp³-hybridized carbons (Fsp3) is 0. The van der Waals surface area contributed by atoms with Gasteiger partial charge in [-0.25, -0.2) is 8.20 Å². The monoisotopic (exact) mass is 253 g/mol. The van der Waals surface area contributed by atoms with Gasteiger partial charge in [-0.1, -0.05) is 11.8 Å². The molecule has 1 aliphatic rings. The molecular formula is C4H4IN3S. The maximum atomic E-state index is 5.23. The molecule has 0 spiro atoms. The van der Waals surface area contributed by atoms with Crippen LogP contribution in [-0.2, 0) is 0 Å². The van der Waals surface area contributed by atoms with Crippen molar-refractivity contribution in [1.29, 1.82) is 0 Å². The Balaban J connectivity index is 2.84. The zero-order chi connectivity index (χ0) is 6.69. The molecule has 1 aliphatic heterocycles. The third kappa shape index (κ3) is 1.45. The molecule has 1 heterocycles. The topological polar surface area (TPSA) is 50.7 Å². The molecule has 0 fully saturated rings. The summed E-state index contributed by atoms with van der Waals surface area (Å²) in [6.45, 7) is 0. The molecule has 0 amide bonds. The summed E-state index contributed by atoms with van der Waals surface area (Å²) in [7, 11) is 0. The number of hydrogen-bond donors (Lipinski definition) is 1. The Morgan fingerprint density at radius 3 is 3.11 bits per heavy atom. The van der Waals surface area contributed by atoms with E-state index < -0.39 is 0 Å². The molecule has 0 aromatic rings. The second kappa shape index (κ2) is 3.21. The second-order valence-electron chi connectivity index (χ2n) is 1.29. The summed E-state index contributed by atoms with van der Waals surface area (Å²) in [5.41, 5.74) is 7.70. The molecule has 5 heteroatoms. The lowest BCUT2D eigenvalue weighted by Gasteiger charge is -1.88. The van der Waals surface area contributed by atoms with Crippen LogP contribution in [0.4, 0.5) is 0 Å². The van der Waals surface area contributed by atoms with Gasteiger partial charge >= 0.3 is 0 Å². The SMILES string of the molecule is N/C=C1/N=CS/C1=N/I. The highest BCUT2D eigenvalue weighted by Crippen LogP contribution is 2.19. The van der Waals surface area contributed by atoms with Crippen LogP contribution in [0.5, 0.6) is 0 Å². The van der Waals surface area contributed by atoms with Crippen molar-refractivity contribution in [3.05, 3.63) is 11.9 Å². The second-order valence-corrected chi connectivity index (χ2v) is 2.61. The highest BCUT2D eigenvalue weighted by Gasteiger charge is 2.09. The molecule has 48 valence electrons. The summed E-state index contributed by atoms with van der Waals surface area (Å²) in [6.07, 6.45) is 1.45. The number of rotatable bonds is 0. The normalized spacial score (nSPS) is 26.3. The first-order valence-electron chi connectivity index (χ1n) is 2.19. The molecule has 0 aromatic carbocycles. The van der Waals surface area contributed by atoms with E-state index in [1.54, 1.807) is 5.55 Å². The van der Waals surface area contributed by atoms with Gasteiger partial charge in [-0.2, -0.15) is 0 Å². The van der Waals surface area contributed by atoms with Gasteiger partial charge in [0.25, 0.3) is 0 Å². The van der Waals surface area contributed by atoms with Crippen molar-refractivity contribution in [3.63, 3.8) is 0 Å². The zero-order valence-electron chi connectivity index (χ0n) is 4.41. The summed E-state index contributed by atoms with van der Waals surface area (Å²) in [5, 5.41) is 0.873. The fourth-order valence-corrected chi connectivity index (χ4v) is 1.56. The third-order valence-corrected chi connectivity index (χ3v) is 2.35. The molecule has 3 nitrogen and oxygen atoms in total. The van der Waals surface area contributed by atoms with Gasteiger partial charge in [0.15, 0.2) is 0 Å². The van der Waals surface area contributed by atoms with Gasteiger partial charge in [0.1, 0.15) is 10.7 Å². The largest absolute Gasteiger partial charge is 0.403 e. The lowest BCUT2D eigenvalue weighted by Crippen LogP contribution is -1.91. The molecule has 0 bridgehead atoms. The van der Waals surface area contributed by atoms with Gasteiger partial charge in [0.2, 0.25) is 0 Å². The highest BCUT2D eigenvalue weighted by atomic mass is 127. The van der Waals surface area contributed by atoms with Gasteiger partial charge in [-0.15, -0.1) is 0 Å². The van der Waals surface area contributed by atoms with E-state index >= 15 is 0 Å². The van der Waals surface area contributed by atoms with E-state index in [-0.39, 0.29) is 0 Å². The molecule has 2 N–H and O–H groups in total. The fourth-order valence-electron chi connectivity index (χ4n) is 0.426. The number of halogens is 1. The average molecular weight is 253 g/mol. The van der Waals surface area contributed by atoms with Gasteiger partial charge in [0, 0.05) is 6.20 Å². The van der Waals surface area contributed by atoms with Crippen LogP contribution < -0.4 is 5.73 Å². The lowest BCUT2D eigenvalue weighted by molar-refractivity contribution is 1.44. The minimum atomic E-state index is 0.759. The van der Waals surface area contributed by atoms with Crippen molar-refractivity contribution >= 4 is 45.2 Å². The van der Waals surface area contributed by atoms with Gasteiger partial charge in [0.05, 0.1) is 28.4 Å². The molecule has 9 heavy (non-hydrogen) atoms. The Labute approximate surface area is 71.0 Å². The first-order valence-corrected chi connectivity index (χ1v) is 4.03. The van der Waals surface area contributed by atoms with E-state index in [2.05, 4.69) is 8.20 Å². The van der Waals surface area contributed by atoms with E-state index in [4.69, 9.17) is 5.73 Å². The Morgan fingerprint density at radius 1 is 1.89 bits per heavy atom. The van der Waals surface area contributed by atoms with Crippen molar-refractivity contribution in [1.82, 2.24) is 0 Å². The molecule has 0 saturated carbocycles. The van der Waals surface area contributed by atoms with E-state index in [1.165, 1.54) is 18.0 Å². The Bertz CT molecular complexity index is 196. The van der Waals surface area contributed by atoms with Crippen LogP contribution in [0.15, 0.2) is 20.1 Å². The highest BCUT2D eigenvalue weighted by molar-refractivity contribution is 14.1. The van der Waals surface area contributed by atoms with Crippen LogP contribution in [-0.4, -0.2) is 10.6 Å². The summed E-state index contributed by atoms with van der Waals surface area (Å²) in [5.74, 6) is 0. The smallest absolute Gasteiger partial charge is 0.136 e. The van der Waals surface area contributed by atoms with E-state index in [0.717, 1.165) is 10.7 Å². The number of nitrogens with two attached hydrogens (primary N) is 1. The number of aliphatic imine (C=N–C) groups is 1. The Kier molecular flexibility index (Phi) is 2.52. The van der Waals surface area contributed by atoms with Crippen molar-refractivity contribution in [2.24, 2.45) is 13.9 Å². The van der Waals surface area contributed by atoms with Crippen molar-refractivity contribution in [2.45, 2.75) is 0 Å². The minimum absolute atomic E-state index is 0.759. The van der Waals surface area contributed by atoms with Gasteiger partial charge in [-0.05, 0) is 0 Å². The number of hydrogen-bond acceptors (Lipinski definition) is 4. The minimum Gasteiger partial charge on any atom is -0.403 e. The average Bonchev–Trinajstić information content (AvgIpc) is 2.33. The molecule has 0 atom stereocenters. The molecular weight excluding hydrogens is 249 g/mol. The van der Waals surface area contributed by atoms with Gasteiger partial charge < -0.3 is 5.73 Å². The first-order chi connectivity index (χ1) is 4.38. The first kappa shape index (κ1) is 7.07. The van der Waals surface area contributed by atoms with Crippen molar-refractivity contribution in [3.8, 4) is 0 Å². The predicted molar refractivity (Wildman–Crippen MR) is 49.8 cm³/mol. The molecule has 0 aliphatic carbocycles. The van der Waals surface area contributed by atoms with Crippen LogP contribution in [0.2, 0.25) is 0 Å². The number of nitrogens with zero attached hydrogens (tertiary/aromatic N) is 2. The van der Waals surface area contributed by atoms with Crippen LogP contribution in [0.25, 0.3) is 0 Å². The number of thioether (sulfide) groups is 1. The summed E-state index contributed by atoms with van der Waals surface area (Å²) in [6, 6.07) is 0. The van der Waals surface area contributed by atoms with E-state index in [1.807, 2.05) is 22.9 Å². The van der Waals surface area contributed by atoms with Crippen molar-refractivity contribution in [2.75, 3.05) is 0 Å². The van der Waals surface area contributed by atoms with Crippen LogP contribution >= 0.6 is 34.6 Å². The summed E-state index contributed by atoms with van der Waals surface area (Å²) < 4.78 is 3.92.